The number of nitrogens with zero attached hydrogens (tertiary/aromatic N) is 3. The van der Waals surface area contributed by atoms with E-state index >= 15 is 0 Å². The molecule has 1 saturated heterocycles. The summed E-state index contributed by atoms with van der Waals surface area (Å²) in [6, 6.07) is 13.9. The van der Waals surface area contributed by atoms with Crippen molar-refractivity contribution in [2.75, 3.05) is 47.2 Å². The number of aliphatic hydroxyl groups excluding tert-OH is 3. The van der Waals surface area contributed by atoms with Crippen LogP contribution in [0.4, 0.5) is 10.5 Å². The lowest BCUT2D eigenvalue weighted by molar-refractivity contribution is -0.141. The summed E-state index contributed by atoms with van der Waals surface area (Å²) in [5.74, 6) is -1.73. The van der Waals surface area contributed by atoms with Gasteiger partial charge in [0.05, 0.1) is 36.3 Å². The van der Waals surface area contributed by atoms with E-state index in [0.29, 0.717) is 18.5 Å². The topological polar surface area (TPSA) is 185 Å². The van der Waals surface area contributed by atoms with Crippen molar-refractivity contribution in [2.45, 2.75) is 149 Å². The van der Waals surface area contributed by atoms with Crippen LogP contribution in [-0.4, -0.2) is 145 Å². The number of hydrogen-bond donors (Lipinski definition) is 6. The fraction of sp³-hybridized carbons (Fsp3) is 0.688. The first-order valence-corrected chi connectivity index (χ1v) is 22.7. The zero-order valence-corrected chi connectivity index (χ0v) is 40.2. The van der Waals surface area contributed by atoms with Crippen LogP contribution in [0.2, 0.25) is 0 Å². The summed E-state index contributed by atoms with van der Waals surface area (Å²) in [7, 11) is 8.36. The second-order valence-electron chi connectivity index (χ2n) is 18.1. The Kier molecular flexibility index (Phi) is 21.7. The molecule has 63 heavy (non-hydrogen) atoms. The summed E-state index contributed by atoms with van der Waals surface area (Å²) in [5.41, 5.74) is 2.46. The molecule has 12 atom stereocenters. The molecule has 0 aromatic heterocycles. The molecule has 0 aliphatic carbocycles. The number of benzene rings is 2. The van der Waals surface area contributed by atoms with E-state index in [1.807, 2.05) is 113 Å². The largest absolute Gasteiger partial charge is 0.445 e. The lowest BCUT2D eigenvalue weighted by Gasteiger charge is -2.45. The number of rotatable bonds is 25. The van der Waals surface area contributed by atoms with Gasteiger partial charge in [0.15, 0.2) is 0 Å². The Labute approximate surface area is 377 Å². The van der Waals surface area contributed by atoms with Crippen molar-refractivity contribution in [1.29, 1.82) is 0 Å². The summed E-state index contributed by atoms with van der Waals surface area (Å²) in [4.78, 5) is 46.1. The van der Waals surface area contributed by atoms with Gasteiger partial charge in [0.25, 0.3) is 0 Å². The van der Waals surface area contributed by atoms with Gasteiger partial charge in [-0.25, -0.2) is 4.79 Å². The molecule has 1 heterocycles. The minimum absolute atomic E-state index is 0.00196. The number of amides is 3. The first kappa shape index (κ1) is 53.5. The zero-order valence-electron chi connectivity index (χ0n) is 40.2. The molecule has 15 heteroatoms. The van der Waals surface area contributed by atoms with E-state index in [1.165, 1.54) is 4.90 Å². The van der Waals surface area contributed by atoms with Crippen molar-refractivity contribution in [3.63, 3.8) is 0 Å². The summed E-state index contributed by atoms with van der Waals surface area (Å²) < 4.78 is 17.7. The van der Waals surface area contributed by atoms with Crippen molar-refractivity contribution in [3.05, 3.63) is 65.7 Å². The van der Waals surface area contributed by atoms with E-state index in [9.17, 15) is 29.7 Å². The third-order valence-corrected chi connectivity index (χ3v) is 13.1. The molecule has 0 radical (unpaired) electrons. The minimum Gasteiger partial charge on any atom is -0.445 e. The smallest absolute Gasteiger partial charge is 0.410 e. The Morgan fingerprint density at radius 3 is 2.03 bits per heavy atom. The molecule has 3 amide bonds. The number of ether oxygens (including phenoxy) is 3. The predicted octanol–water partition coefficient (Wildman–Crippen LogP) is 5.20. The molecular weight excluding hydrogens is 805 g/mol. The van der Waals surface area contributed by atoms with Crippen molar-refractivity contribution < 1.29 is 43.9 Å². The van der Waals surface area contributed by atoms with Crippen molar-refractivity contribution in [2.24, 2.45) is 23.7 Å². The van der Waals surface area contributed by atoms with Crippen LogP contribution in [0.25, 0.3) is 0 Å². The standard InChI is InChI=1S/C48H80N6O9/c1-14-31(6)42(52(10)47(59)40(29(2)3)51-46(58)41(30(4)5)53(11)48(60)63-28-34-22-24-36(49-9)25-23-34)38(61-12)27-39(55)54-26-18-21-37(54)44(62-13)32(7)45(57)50-33(8)43(56)35-19-16-15-17-20-35/h15-17,19-20,22-25,29-33,37-44,47,49,55-56,59H,14,18,21,26-28H2,1-13H3,(H,50,57)(H,51,58)/t31-,32+,33?,37?,38?,39?,40-,41?,42-,43+,44?,47?/m0/s1. The predicted molar refractivity (Wildman–Crippen MR) is 246 cm³/mol. The average molecular weight is 885 g/mol. The monoisotopic (exact) mass is 885 g/mol. The van der Waals surface area contributed by atoms with Crippen LogP contribution in [0.3, 0.4) is 0 Å². The zero-order chi connectivity index (χ0) is 47.1. The van der Waals surface area contributed by atoms with Crippen molar-refractivity contribution in [3.8, 4) is 0 Å². The SMILES string of the molecule is CC[C@H](C)[C@@H](C(CC(O)N1CCCC1C(OC)[C@@H](C)C(=O)NC(C)[C@@H](O)c1ccccc1)OC)N(C)C(O)[C@@H](NC(=O)C(C(C)C)N(C)C(=O)OCc1ccc(NC)cc1)C(C)C. The van der Waals surface area contributed by atoms with Gasteiger partial charge in [-0.3, -0.25) is 24.3 Å². The second kappa shape index (κ2) is 25.6. The molecule has 7 unspecified atom stereocenters. The van der Waals surface area contributed by atoms with Crippen LogP contribution >= 0.6 is 0 Å². The van der Waals surface area contributed by atoms with Crippen molar-refractivity contribution >= 4 is 23.6 Å². The van der Waals surface area contributed by atoms with Crippen LogP contribution in [0.5, 0.6) is 0 Å². The fourth-order valence-corrected chi connectivity index (χ4v) is 9.06. The molecule has 0 saturated carbocycles. The summed E-state index contributed by atoms with van der Waals surface area (Å²) in [6.07, 6.45) is -2.25. The van der Waals surface area contributed by atoms with E-state index in [2.05, 4.69) is 29.8 Å². The van der Waals surface area contributed by atoms with Gasteiger partial charge < -0.3 is 45.5 Å². The fourth-order valence-electron chi connectivity index (χ4n) is 9.06. The average Bonchev–Trinajstić information content (AvgIpc) is 3.76. The number of anilines is 1. The Balaban J connectivity index is 1.74. The highest BCUT2D eigenvalue weighted by Gasteiger charge is 2.44. The Morgan fingerprint density at radius 1 is 0.857 bits per heavy atom. The lowest BCUT2D eigenvalue weighted by atomic mass is 9.88. The third kappa shape index (κ3) is 14.3. The van der Waals surface area contributed by atoms with E-state index in [-0.39, 0.29) is 48.8 Å². The van der Waals surface area contributed by atoms with Crippen LogP contribution in [0.15, 0.2) is 54.6 Å². The highest BCUT2D eigenvalue weighted by atomic mass is 16.6. The highest BCUT2D eigenvalue weighted by molar-refractivity contribution is 5.86. The molecule has 1 fully saturated rings. The van der Waals surface area contributed by atoms with E-state index in [1.54, 1.807) is 28.2 Å². The van der Waals surface area contributed by atoms with Gasteiger partial charge in [0.1, 0.15) is 25.1 Å². The summed E-state index contributed by atoms with van der Waals surface area (Å²) in [6.45, 7) is 15.9. The van der Waals surface area contributed by atoms with Gasteiger partial charge in [0, 0.05) is 59.1 Å². The number of likely N-dealkylation sites (N-methyl/N-ethyl adjacent to an activating group) is 2. The van der Waals surface area contributed by atoms with Crippen LogP contribution in [0, 0.1) is 23.7 Å². The third-order valence-electron chi connectivity index (χ3n) is 13.1. The quantitative estimate of drug-likeness (QED) is 0.0718. The Hall–Kier alpha value is -3.83. The van der Waals surface area contributed by atoms with E-state index < -0.39 is 66.8 Å². The normalized spacial score (nSPS) is 19.9. The number of carbonyl (C=O) groups is 3. The second-order valence-corrected chi connectivity index (χ2v) is 18.1. The first-order valence-electron chi connectivity index (χ1n) is 22.7. The molecule has 15 nitrogen and oxygen atoms in total. The minimum atomic E-state index is -1.16. The molecule has 0 spiro atoms. The Morgan fingerprint density at radius 2 is 1.49 bits per heavy atom. The number of methoxy groups -OCH3 is 2. The van der Waals surface area contributed by atoms with Gasteiger partial charge in [-0.15, -0.1) is 0 Å². The van der Waals surface area contributed by atoms with E-state index in [0.717, 1.165) is 24.1 Å². The van der Waals surface area contributed by atoms with Gasteiger partial charge >= 0.3 is 6.09 Å². The first-order chi connectivity index (χ1) is 29.8. The summed E-state index contributed by atoms with van der Waals surface area (Å²) >= 11 is 0. The highest BCUT2D eigenvalue weighted by Crippen LogP contribution is 2.32. The van der Waals surface area contributed by atoms with Gasteiger partial charge in [-0.2, -0.15) is 0 Å². The lowest BCUT2D eigenvalue weighted by Crippen LogP contribution is -2.62. The molecule has 6 N–H and O–H groups in total. The maximum atomic E-state index is 14.1. The number of aliphatic hydroxyl groups is 3. The molecule has 2 aromatic carbocycles. The maximum Gasteiger partial charge on any atom is 0.410 e. The van der Waals surface area contributed by atoms with Gasteiger partial charge in [0.2, 0.25) is 11.8 Å². The Bertz CT molecular complexity index is 1670. The van der Waals surface area contributed by atoms with Gasteiger partial charge in [-0.05, 0) is 67.8 Å². The number of nitrogens with one attached hydrogen (secondary N) is 3. The van der Waals surface area contributed by atoms with Gasteiger partial charge in [-0.1, -0.05) is 97.4 Å². The molecule has 1 aliphatic heterocycles. The number of hydrogen-bond acceptors (Lipinski definition) is 12. The molecule has 356 valence electrons. The van der Waals surface area contributed by atoms with Crippen LogP contribution in [0.1, 0.15) is 98.3 Å². The summed E-state index contributed by atoms with van der Waals surface area (Å²) in [5, 5.41) is 44.1. The maximum absolute atomic E-state index is 14.1. The molecule has 0 bridgehead atoms. The van der Waals surface area contributed by atoms with Crippen molar-refractivity contribution in [1.82, 2.24) is 25.3 Å². The van der Waals surface area contributed by atoms with Crippen LogP contribution in [-0.2, 0) is 30.4 Å². The number of likely N-dealkylation sites (tertiary alicyclic amines) is 1. The number of carbonyl (C=O) groups excluding carboxylic acids is 3. The molecule has 3 rings (SSSR count). The molecule has 1 aliphatic rings. The van der Waals surface area contributed by atoms with Crippen LogP contribution < -0.4 is 16.0 Å². The molecule has 2 aromatic rings. The molecular formula is C48H80N6O9. The van der Waals surface area contributed by atoms with E-state index in [4.69, 9.17) is 14.2 Å².